The van der Waals surface area contributed by atoms with Crippen LogP contribution in [0, 0.1) is 0 Å². The lowest BCUT2D eigenvalue weighted by atomic mass is 10.1. The number of nitrogens with two attached hydrogens (primary N) is 2. The fraction of sp³-hybridized carbons (Fsp3) is 0.188. The molecule has 1 saturated carbocycles. The number of primary amides is 1. The first-order chi connectivity index (χ1) is 11.1. The van der Waals surface area contributed by atoms with Crippen molar-refractivity contribution < 1.29 is 4.79 Å². The van der Waals surface area contributed by atoms with E-state index in [0.29, 0.717) is 32.8 Å². The summed E-state index contributed by atoms with van der Waals surface area (Å²) in [7, 11) is 0. The van der Waals surface area contributed by atoms with Crippen molar-refractivity contribution in [2.24, 2.45) is 5.73 Å². The van der Waals surface area contributed by atoms with Crippen molar-refractivity contribution in [1.82, 2.24) is 9.97 Å². The molecule has 1 fully saturated rings. The minimum atomic E-state index is -0.541. The van der Waals surface area contributed by atoms with Crippen LogP contribution in [0.4, 0.5) is 11.6 Å². The number of benzene rings is 1. The molecule has 23 heavy (non-hydrogen) atoms. The zero-order chi connectivity index (χ0) is 16.0. The van der Waals surface area contributed by atoms with E-state index in [0.717, 1.165) is 24.1 Å². The molecule has 1 aromatic carbocycles. The van der Waals surface area contributed by atoms with Crippen molar-refractivity contribution >= 4 is 39.1 Å². The minimum absolute atomic E-state index is 0.329. The smallest absolute Gasteiger partial charge is 0.260 e. The molecule has 1 aliphatic carbocycles. The number of anilines is 2. The van der Waals surface area contributed by atoms with Gasteiger partial charge in [-0.2, -0.15) is 0 Å². The third-order valence-electron chi connectivity index (χ3n) is 3.77. The van der Waals surface area contributed by atoms with Crippen LogP contribution in [0.1, 0.15) is 22.5 Å². The van der Waals surface area contributed by atoms with Crippen molar-refractivity contribution in [3.05, 3.63) is 35.2 Å². The largest absolute Gasteiger partial charge is 0.397 e. The highest BCUT2D eigenvalue weighted by Gasteiger charge is 2.25. The Balaban J connectivity index is 1.97. The van der Waals surface area contributed by atoms with Crippen LogP contribution < -0.4 is 16.8 Å². The van der Waals surface area contributed by atoms with Gasteiger partial charge in [0.05, 0.1) is 16.8 Å². The van der Waals surface area contributed by atoms with Gasteiger partial charge in [0.25, 0.3) is 5.91 Å². The van der Waals surface area contributed by atoms with Crippen LogP contribution in [-0.2, 0) is 0 Å². The Labute approximate surface area is 136 Å². The second-order valence-electron chi connectivity index (χ2n) is 5.57. The fourth-order valence-corrected chi connectivity index (χ4v) is 3.43. The monoisotopic (exact) mass is 325 g/mol. The Hall–Kier alpha value is -2.67. The van der Waals surface area contributed by atoms with Crippen LogP contribution in [0.15, 0.2) is 30.3 Å². The van der Waals surface area contributed by atoms with E-state index in [9.17, 15) is 4.79 Å². The van der Waals surface area contributed by atoms with E-state index >= 15 is 0 Å². The summed E-state index contributed by atoms with van der Waals surface area (Å²) in [6, 6.07) is 10.2. The second-order valence-corrected chi connectivity index (χ2v) is 6.57. The molecule has 0 bridgehead atoms. The topological polar surface area (TPSA) is 107 Å². The zero-order valence-corrected chi connectivity index (χ0v) is 13.1. The summed E-state index contributed by atoms with van der Waals surface area (Å²) in [5.74, 6) is 0.0253. The first kappa shape index (κ1) is 14.0. The molecule has 0 atom stereocenters. The molecule has 0 radical (unpaired) electrons. The lowest BCUT2D eigenvalue weighted by molar-refractivity contribution is 0.100. The molecule has 6 nitrogen and oxygen atoms in total. The SMILES string of the molecule is NC(=O)c1sc2nc(NC3CC3)nc(-c3ccccc3)c2c1N. The Morgan fingerprint density at radius 1 is 1.22 bits per heavy atom. The van der Waals surface area contributed by atoms with Gasteiger partial charge in [-0.05, 0) is 12.8 Å². The summed E-state index contributed by atoms with van der Waals surface area (Å²) in [4.78, 5) is 21.8. The minimum Gasteiger partial charge on any atom is -0.397 e. The van der Waals surface area contributed by atoms with Gasteiger partial charge in [0.1, 0.15) is 9.71 Å². The predicted molar refractivity (Wildman–Crippen MR) is 92.4 cm³/mol. The van der Waals surface area contributed by atoms with E-state index < -0.39 is 5.91 Å². The van der Waals surface area contributed by atoms with E-state index in [2.05, 4.69) is 15.3 Å². The summed E-state index contributed by atoms with van der Waals surface area (Å²) in [6.45, 7) is 0. The summed E-state index contributed by atoms with van der Waals surface area (Å²) in [5.41, 5.74) is 13.6. The van der Waals surface area contributed by atoms with E-state index in [1.807, 2.05) is 30.3 Å². The van der Waals surface area contributed by atoms with E-state index in [-0.39, 0.29) is 0 Å². The zero-order valence-electron chi connectivity index (χ0n) is 12.2. The van der Waals surface area contributed by atoms with Crippen LogP contribution in [0.25, 0.3) is 21.5 Å². The average Bonchev–Trinajstić information content (AvgIpc) is 3.29. The van der Waals surface area contributed by atoms with Crippen molar-refractivity contribution in [3.8, 4) is 11.3 Å². The molecular formula is C16H15N5OS. The second kappa shape index (κ2) is 5.20. The maximum Gasteiger partial charge on any atom is 0.260 e. The first-order valence-corrected chi connectivity index (χ1v) is 8.17. The normalized spacial score (nSPS) is 14.1. The molecule has 1 amide bonds. The fourth-order valence-electron chi connectivity index (χ4n) is 2.48. The number of hydrogen-bond donors (Lipinski definition) is 3. The molecule has 3 aromatic rings. The molecule has 0 unspecified atom stereocenters. The number of carbonyl (C=O) groups excluding carboxylic acids is 1. The Morgan fingerprint density at radius 3 is 2.61 bits per heavy atom. The van der Waals surface area contributed by atoms with Crippen LogP contribution in [-0.4, -0.2) is 21.9 Å². The number of carbonyl (C=O) groups is 1. The van der Waals surface area contributed by atoms with Crippen LogP contribution in [0.5, 0.6) is 0 Å². The number of nitrogen functional groups attached to an aromatic ring is 1. The summed E-state index contributed by atoms with van der Waals surface area (Å²) < 4.78 is 0. The highest BCUT2D eigenvalue weighted by atomic mass is 32.1. The molecule has 116 valence electrons. The number of amides is 1. The van der Waals surface area contributed by atoms with Crippen molar-refractivity contribution in [3.63, 3.8) is 0 Å². The number of thiophene rings is 1. The Kier molecular flexibility index (Phi) is 3.16. The van der Waals surface area contributed by atoms with E-state index in [1.54, 1.807) is 0 Å². The molecule has 7 heteroatoms. The van der Waals surface area contributed by atoms with Crippen molar-refractivity contribution in [2.75, 3.05) is 11.1 Å². The third kappa shape index (κ3) is 2.49. The molecule has 0 saturated heterocycles. The molecule has 1 aliphatic rings. The molecule has 2 heterocycles. The highest BCUT2D eigenvalue weighted by Crippen LogP contribution is 2.39. The molecule has 2 aromatic heterocycles. The Bertz CT molecular complexity index is 902. The van der Waals surface area contributed by atoms with Gasteiger partial charge in [0.2, 0.25) is 5.95 Å². The van der Waals surface area contributed by atoms with Gasteiger partial charge in [-0.15, -0.1) is 11.3 Å². The Morgan fingerprint density at radius 2 is 1.96 bits per heavy atom. The lowest BCUT2D eigenvalue weighted by Gasteiger charge is -2.08. The lowest BCUT2D eigenvalue weighted by Crippen LogP contribution is -2.10. The molecule has 4 rings (SSSR count). The van der Waals surface area contributed by atoms with E-state index in [1.165, 1.54) is 11.3 Å². The number of hydrogen-bond acceptors (Lipinski definition) is 6. The van der Waals surface area contributed by atoms with Crippen LogP contribution in [0.2, 0.25) is 0 Å². The summed E-state index contributed by atoms with van der Waals surface area (Å²) >= 11 is 1.21. The van der Waals surface area contributed by atoms with Crippen LogP contribution >= 0.6 is 11.3 Å². The number of nitrogens with zero attached hydrogens (tertiary/aromatic N) is 2. The van der Waals surface area contributed by atoms with Gasteiger partial charge in [-0.1, -0.05) is 30.3 Å². The van der Waals surface area contributed by atoms with Gasteiger partial charge in [0.15, 0.2) is 0 Å². The number of nitrogens with one attached hydrogen (secondary N) is 1. The average molecular weight is 325 g/mol. The molecule has 5 N–H and O–H groups in total. The standard InChI is InChI=1S/C16H15N5OS/c17-11-10-12(8-4-2-1-3-5-8)20-16(19-9-6-7-9)21-15(10)23-13(11)14(18)22/h1-5,9H,6-7,17H2,(H2,18,22)(H,19,20,21). The van der Waals surface area contributed by atoms with Crippen molar-refractivity contribution in [1.29, 1.82) is 0 Å². The van der Waals surface area contributed by atoms with Gasteiger partial charge in [0, 0.05) is 11.6 Å². The van der Waals surface area contributed by atoms with Gasteiger partial charge < -0.3 is 16.8 Å². The summed E-state index contributed by atoms with van der Waals surface area (Å²) in [6.07, 6.45) is 2.25. The quantitative estimate of drug-likeness (QED) is 0.683. The highest BCUT2D eigenvalue weighted by molar-refractivity contribution is 7.21. The molecular weight excluding hydrogens is 310 g/mol. The number of aromatic nitrogens is 2. The first-order valence-electron chi connectivity index (χ1n) is 7.35. The third-order valence-corrected chi connectivity index (χ3v) is 4.88. The van der Waals surface area contributed by atoms with Crippen LogP contribution in [0.3, 0.4) is 0 Å². The molecule has 0 aliphatic heterocycles. The maximum atomic E-state index is 11.6. The van der Waals surface area contributed by atoms with Gasteiger partial charge in [-0.3, -0.25) is 4.79 Å². The van der Waals surface area contributed by atoms with Crippen molar-refractivity contribution in [2.45, 2.75) is 18.9 Å². The van der Waals surface area contributed by atoms with Gasteiger partial charge >= 0.3 is 0 Å². The summed E-state index contributed by atoms with van der Waals surface area (Å²) in [5, 5.41) is 3.99. The van der Waals surface area contributed by atoms with Gasteiger partial charge in [-0.25, -0.2) is 9.97 Å². The number of rotatable bonds is 4. The molecule has 0 spiro atoms. The number of fused-ring (bicyclic) bond motifs is 1. The predicted octanol–water partition coefficient (Wildman–Crippen LogP) is 2.61. The maximum absolute atomic E-state index is 11.6. The van der Waals surface area contributed by atoms with E-state index in [4.69, 9.17) is 11.5 Å².